The van der Waals surface area contributed by atoms with E-state index in [0.29, 0.717) is 0 Å². The molecule has 1 saturated heterocycles. The molecule has 1 aliphatic heterocycles. The van der Waals surface area contributed by atoms with Crippen LogP contribution in [0.3, 0.4) is 0 Å². The van der Waals surface area contributed by atoms with E-state index in [2.05, 4.69) is 0 Å². The Morgan fingerprint density at radius 2 is 1.84 bits per heavy atom. The Kier molecular flexibility index (Phi) is 4.66. The summed E-state index contributed by atoms with van der Waals surface area (Å²) >= 11 is -0.334. The zero-order valence-corrected chi connectivity index (χ0v) is 10.3. The molecule has 1 atom stereocenters. The van der Waals surface area contributed by atoms with Crippen molar-refractivity contribution in [2.75, 3.05) is 25.4 Å². The van der Waals surface area contributed by atoms with Gasteiger partial charge in [-0.25, -0.2) is 0 Å². The third-order valence-electron chi connectivity index (χ3n) is 2.97. The quantitative estimate of drug-likeness (QED) is 0.810. The molecule has 1 rings (SSSR count). The number of carbonyl (C=O) groups is 1. The smallest absolute Gasteiger partial charge is 0.441 e. The number of carboxylic acid groups (broad SMARTS) is 1. The molecule has 1 unspecified atom stereocenters. The van der Waals surface area contributed by atoms with Crippen LogP contribution in [0.2, 0.25) is 0 Å². The Labute approximate surface area is 108 Å². The summed E-state index contributed by atoms with van der Waals surface area (Å²) in [4.78, 5) is 11.9. The maximum absolute atomic E-state index is 12.8. The van der Waals surface area contributed by atoms with Crippen molar-refractivity contribution < 1.29 is 36.2 Å². The van der Waals surface area contributed by atoms with Crippen LogP contribution in [0.5, 0.6) is 0 Å². The lowest BCUT2D eigenvalue weighted by molar-refractivity contribution is -0.227. The lowest BCUT2D eigenvalue weighted by Crippen LogP contribution is -2.47. The Morgan fingerprint density at radius 3 is 2.21 bits per heavy atom. The van der Waals surface area contributed by atoms with Gasteiger partial charge in [-0.2, -0.15) is 26.3 Å². The zero-order chi connectivity index (χ0) is 14.9. The van der Waals surface area contributed by atoms with Gasteiger partial charge in [0.15, 0.2) is 5.41 Å². The van der Waals surface area contributed by atoms with Gasteiger partial charge in [0.2, 0.25) is 0 Å². The molecule has 0 spiro atoms. The van der Waals surface area contributed by atoms with E-state index in [0.717, 1.165) is 4.90 Å². The number of rotatable bonds is 4. The van der Waals surface area contributed by atoms with Crippen LogP contribution in [0, 0.1) is 5.41 Å². The van der Waals surface area contributed by atoms with E-state index in [1.165, 1.54) is 0 Å². The summed E-state index contributed by atoms with van der Waals surface area (Å²) in [5.74, 6) is -2.40. The molecule has 1 aliphatic rings. The molecular weight excluding hydrogens is 300 g/mol. The second-order valence-corrected chi connectivity index (χ2v) is 5.37. The van der Waals surface area contributed by atoms with Gasteiger partial charge >= 0.3 is 17.7 Å². The predicted molar refractivity (Wildman–Crippen MR) is 55.7 cm³/mol. The molecule has 0 aliphatic carbocycles. The minimum Gasteiger partial charge on any atom is -0.481 e. The van der Waals surface area contributed by atoms with Gasteiger partial charge in [-0.3, -0.25) is 4.79 Å². The first-order chi connectivity index (χ1) is 8.48. The fraction of sp³-hybridized carbons (Fsp3) is 0.889. The van der Waals surface area contributed by atoms with E-state index in [4.69, 9.17) is 5.11 Å². The minimum absolute atomic E-state index is 0.176. The van der Waals surface area contributed by atoms with Crippen molar-refractivity contribution in [3.63, 3.8) is 0 Å². The van der Waals surface area contributed by atoms with Crippen molar-refractivity contribution in [1.82, 2.24) is 4.90 Å². The van der Waals surface area contributed by atoms with E-state index in [1.54, 1.807) is 0 Å². The van der Waals surface area contributed by atoms with Crippen LogP contribution in [0.25, 0.3) is 0 Å². The normalized spacial score (nSPS) is 25.8. The third kappa shape index (κ3) is 3.91. The Morgan fingerprint density at radius 1 is 1.26 bits per heavy atom. The first-order valence-electron chi connectivity index (χ1n) is 5.21. The maximum atomic E-state index is 12.8. The van der Waals surface area contributed by atoms with Gasteiger partial charge < -0.3 is 10.0 Å². The van der Waals surface area contributed by atoms with Gasteiger partial charge in [0, 0.05) is 18.8 Å². The molecular formula is C9H11F6NO2S. The first-order valence-corrected chi connectivity index (χ1v) is 6.20. The number of carboxylic acids is 1. The molecule has 0 aromatic carbocycles. The van der Waals surface area contributed by atoms with Crippen LogP contribution >= 0.6 is 11.8 Å². The topological polar surface area (TPSA) is 40.5 Å². The van der Waals surface area contributed by atoms with Gasteiger partial charge in [0.25, 0.3) is 0 Å². The van der Waals surface area contributed by atoms with Gasteiger partial charge in [0.05, 0.1) is 0 Å². The SMILES string of the molecule is O=C(O)C1(C(F)(F)F)CCN(CCSC(F)(F)F)C1. The van der Waals surface area contributed by atoms with Crippen molar-refractivity contribution in [3.05, 3.63) is 0 Å². The van der Waals surface area contributed by atoms with Crippen LogP contribution < -0.4 is 0 Å². The second-order valence-electron chi connectivity index (χ2n) is 4.21. The molecule has 3 nitrogen and oxygen atoms in total. The van der Waals surface area contributed by atoms with Crippen molar-refractivity contribution in [2.24, 2.45) is 5.41 Å². The monoisotopic (exact) mass is 311 g/mol. The molecule has 1 heterocycles. The van der Waals surface area contributed by atoms with Gasteiger partial charge in [-0.15, -0.1) is 0 Å². The van der Waals surface area contributed by atoms with Crippen molar-refractivity contribution >= 4 is 17.7 Å². The van der Waals surface area contributed by atoms with Crippen LogP contribution in [-0.2, 0) is 4.79 Å². The molecule has 0 saturated carbocycles. The fourth-order valence-corrected chi connectivity index (χ4v) is 2.48. The number of hydrogen-bond donors (Lipinski definition) is 1. The Balaban J connectivity index is 2.59. The van der Waals surface area contributed by atoms with Crippen LogP contribution in [0.15, 0.2) is 0 Å². The van der Waals surface area contributed by atoms with Crippen LogP contribution in [-0.4, -0.2) is 53.0 Å². The van der Waals surface area contributed by atoms with Crippen LogP contribution in [0.1, 0.15) is 6.42 Å². The average Bonchev–Trinajstić information content (AvgIpc) is 2.60. The molecule has 10 heteroatoms. The predicted octanol–water partition coefficient (Wildman–Crippen LogP) is 2.58. The first kappa shape index (κ1) is 16.4. The summed E-state index contributed by atoms with van der Waals surface area (Å²) in [6.45, 7) is -1.20. The summed E-state index contributed by atoms with van der Waals surface area (Å²) in [6, 6.07) is 0. The number of likely N-dealkylation sites (tertiary alicyclic amines) is 1. The fourth-order valence-electron chi connectivity index (χ4n) is 1.90. The van der Waals surface area contributed by atoms with Gasteiger partial charge in [-0.05, 0) is 24.7 Å². The minimum atomic E-state index is -4.91. The van der Waals surface area contributed by atoms with E-state index in [9.17, 15) is 31.1 Å². The van der Waals surface area contributed by atoms with E-state index < -0.39 is 41.8 Å². The molecule has 0 radical (unpaired) electrons. The second kappa shape index (κ2) is 5.39. The maximum Gasteiger partial charge on any atom is 0.441 e. The van der Waals surface area contributed by atoms with Crippen molar-refractivity contribution in [1.29, 1.82) is 0 Å². The zero-order valence-electron chi connectivity index (χ0n) is 9.51. The highest BCUT2D eigenvalue weighted by atomic mass is 32.2. The van der Waals surface area contributed by atoms with Crippen LogP contribution in [0.4, 0.5) is 26.3 Å². The summed E-state index contributed by atoms with van der Waals surface area (Å²) in [7, 11) is 0. The molecule has 112 valence electrons. The number of halogens is 6. The highest BCUT2D eigenvalue weighted by Crippen LogP contribution is 2.45. The number of thioether (sulfide) groups is 1. The van der Waals surface area contributed by atoms with E-state index in [-0.39, 0.29) is 24.9 Å². The van der Waals surface area contributed by atoms with E-state index in [1.807, 2.05) is 0 Å². The lowest BCUT2D eigenvalue weighted by Gasteiger charge is -2.27. The summed E-state index contributed by atoms with van der Waals surface area (Å²) < 4.78 is 73.9. The highest BCUT2D eigenvalue weighted by molar-refractivity contribution is 8.00. The number of alkyl halides is 6. The largest absolute Gasteiger partial charge is 0.481 e. The summed E-state index contributed by atoms with van der Waals surface area (Å²) in [5, 5.41) is 8.74. The standard InChI is InChI=1S/C9H11F6NO2S/c10-8(11,12)7(6(17)18)1-2-16(5-7)3-4-19-9(13,14)15/h1-5H2,(H,17,18). The Bertz CT molecular complexity index is 345. The average molecular weight is 311 g/mol. The van der Waals surface area contributed by atoms with Crippen molar-refractivity contribution in [2.45, 2.75) is 18.1 Å². The number of nitrogens with zero attached hydrogens (tertiary/aromatic N) is 1. The summed E-state index contributed by atoms with van der Waals surface area (Å²) in [6.07, 6.45) is -5.55. The lowest BCUT2D eigenvalue weighted by atomic mass is 9.86. The molecule has 19 heavy (non-hydrogen) atoms. The Hall–Kier alpha value is -0.640. The highest BCUT2D eigenvalue weighted by Gasteiger charge is 2.63. The molecule has 0 amide bonds. The summed E-state index contributed by atoms with van der Waals surface area (Å²) in [5.41, 5.74) is -7.30. The van der Waals surface area contributed by atoms with Crippen molar-refractivity contribution in [3.8, 4) is 0 Å². The molecule has 0 aromatic heterocycles. The number of hydrogen-bond acceptors (Lipinski definition) is 3. The molecule has 1 N–H and O–H groups in total. The molecule has 0 bridgehead atoms. The third-order valence-corrected chi connectivity index (χ3v) is 3.69. The number of aliphatic carboxylic acids is 1. The van der Waals surface area contributed by atoms with Gasteiger partial charge in [-0.1, -0.05) is 0 Å². The molecule has 1 fully saturated rings. The molecule has 0 aromatic rings. The van der Waals surface area contributed by atoms with E-state index >= 15 is 0 Å². The van der Waals surface area contributed by atoms with Gasteiger partial charge in [0.1, 0.15) is 0 Å².